The highest BCUT2D eigenvalue weighted by atomic mass is 19.2. The predicted octanol–water partition coefficient (Wildman–Crippen LogP) is 8.59. The number of hydrogen-bond acceptors (Lipinski definition) is 0. The smallest absolute Gasteiger partial charge is 0.159 e. The van der Waals surface area contributed by atoms with Gasteiger partial charge < -0.3 is 0 Å². The van der Waals surface area contributed by atoms with Gasteiger partial charge in [-0.15, -0.1) is 6.58 Å². The molecule has 0 heterocycles. The Morgan fingerprint density at radius 3 is 1.63 bits per heavy atom. The van der Waals surface area contributed by atoms with Crippen LogP contribution >= 0.6 is 0 Å². The van der Waals surface area contributed by atoms with Crippen LogP contribution in [0.3, 0.4) is 0 Å². The number of hydrogen-bond donors (Lipinski definition) is 0. The van der Waals surface area contributed by atoms with Gasteiger partial charge in [-0.05, 0) is 130 Å². The molecule has 1 aromatic carbocycles. The monoisotopic (exact) mass is 412 g/mol. The lowest BCUT2D eigenvalue weighted by Crippen LogP contribution is -2.25. The Hall–Kier alpha value is -1.44. The van der Waals surface area contributed by atoms with E-state index >= 15 is 0 Å². The normalized spacial score (nSPS) is 35.4. The summed E-state index contributed by atoms with van der Waals surface area (Å²) in [4.78, 5) is 0. The molecule has 4 rings (SSSR count). The van der Waals surface area contributed by atoms with Crippen LogP contribution in [0.1, 0.15) is 88.5 Å². The maximum atomic E-state index is 13.5. The van der Waals surface area contributed by atoms with Crippen molar-refractivity contribution in [1.29, 1.82) is 0 Å². The van der Waals surface area contributed by atoms with Crippen LogP contribution in [0.15, 0.2) is 43.0 Å². The fourth-order valence-electron chi connectivity index (χ4n) is 6.39. The average Bonchev–Trinajstić information content (AvgIpc) is 2.80. The summed E-state index contributed by atoms with van der Waals surface area (Å²) >= 11 is 0. The third kappa shape index (κ3) is 5.42. The summed E-state index contributed by atoms with van der Waals surface area (Å²) in [6.45, 7) is 3.98. The van der Waals surface area contributed by atoms with Crippen molar-refractivity contribution in [2.24, 2.45) is 29.6 Å². The van der Waals surface area contributed by atoms with Crippen LogP contribution < -0.4 is 0 Å². The second kappa shape index (κ2) is 10.2. The minimum absolute atomic E-state index is 0.386. The second-order valence-corrected chi connectivity index (χ2v) is 10.3. The number of allylic oxidation sites excluding steroid dienone is 3. The van der Waals surface area contributed by atoms with E-state index in [-0.39, 0.29) is 0 Å². The van der Waals surface area contributed by atoms with Crippen molar-refractivity contribution in [2.75, 3.05) is 0 Å². The zero-order chi connectivity index (χ0) is 20.9. The Bertz CT molecular complexity index is 712. The molecule has 0 nitrogen and oxygen atoms in total. The molecule has 3 saturated carbocycles. The Kier molecular flexibility index (Phi) is 7.44. The van der Waals surface area contributed by atoms with Gasteiger partial charge in [-0.25, -0.2) is 8.78 Å². The van der Waals surface area contributed by atoms with Gasteiger partial charge in [-0.3, -0.25) is 0 Å². The molecule has 3 fully saturated rings. The molecule has 0 radical (unpaired) electrons. The lowest BCUT2D eigenvalue weighted by atomic mass is 9.69. The standard InChI is InChI=1S/C28H38F2/c1-2-20-5-11-23(12-6-20)24-13-7-21(8-14-24)3-4-22-9-15-25(16-10-22)26-17-18-27(29)28(30)19-26/h2-4,17-25H,1,5-16H2/b4-3+. The Labute approximate surface area is 181 Å². The van der Waals surface area contributed by atoms with E-state index in [2.05, 4.69) is 24.8 Å². The van der Waals surface area contributed by atoms with Gasteiger partial charge in [0.2, 0.25) is 0 Å². The first-order chi connectivity index (χ1) is 14.6. The molecule has 0 N–H and O–H groups in total. The number of rotatable bonds is 5. The molecule has 0 bridgehead atoms. The van der Waals surface area contributed by atoms with Crippen LogP contribution in [0.25, 0.3) is 0 Å². The van der Waals surface area contributed by atoms with E-state index in [9.17, 15) is 8.78 Å². The first kappa shape index (κ1) is 21.8. The van der Waals surface area contributed by atoms with Crippen molar-refractivity contribution >= 4 is 0 Å². The van der Waals surface area contributed by atoms with Gasteiger partial charge in [0, 0.05) is 0 Å². The molecule has 0 aromatic heterocycles. The molecule has 30 heavy (non-hydrogen) atoms. The van der Waals surface area contributed by atoms with Crippen LogP contribution in [0.4, 0.5) is 8.78 Å². The van der Waals surface area contributed by atoms with Crippen LogP contribution in [0.2, 0.25) is 0 Å². The molecular weight excluding hydrogens is 374 g/mol. The lowest BCUT2D eigenvalue weighted by Gasteiger charge is -2.37. The van der Waals surface area contributed by atoms with Gasteiger partial charge in [-0.2, -0.15) is 0 Å². The Balaban J connectivity index is 1.19. The highest BCUT2D eigenvalue weighted by molar-refractivity contribution is 5.22. The molecule has 2 heteroatoms. The van der Waals surface area contributed by atoms with Crippen LogP contribution in [0, 0.1) is 41.2 Å². The third-order valence-electron chi connectivity index (χ3n) is 8.48. The number of benzene rings is 1. The summed E-state index contributed by atoms with van der Waals surface area (Å²) in [7, 11) is 0. The van der Waals surface area contributed by atoms with Gasteiger partial charge >= 0.3 is 0 Å². The highest BCUT2D eigenvalue weighted by Gasteiger charge is 2.30. The van der Waals surface area contributed by atoms with Crippen molar-refractivity contribution < 1.29 is 8.78 Å². The lowest BCUT2D eigenvalue weighted by molar-refractivity contribution is 0.166. The zero-order valence-corrected chi connectivity index (χ0v) is 18.4. The summed E-state index contributed by atoms with van der Waals surface area (Å²) < 4.78 is 26.7. The largest absolute Gasteiger partial charge is 0.204 e. The van der Waals surface area contributed by atoms with Crippen LogP contribution in [-0.2, 0) is 0 Å². The topological polar surface area (TPSA) is 0 Å². The summed E-state index contributed by atoms with van der Waals surface area (Å²) in [5, 5.41) is 0. The van der Waals surface area contributed by atoms with Gasteiger partial charge in [0.15, 0.2) is 11.6 Å². The quantitative estimate of drug-likeness (QED) is 0.425. The van der Waals surface area contributed by atoms with Gasteiger partial charge in [0.25, 0.3) is 0 Å². The minimum Gasteiger partial charge on any atom is -0.204 e. The molecule has 0 saturated heterocycles. The zero-order valence-electron chi connectivity index (χ0n) is 18.4. The highest BCUT2D eigenvalue weighted by Crippen LogP contribution is 2.42. The van der Waals surface area contributed by atoms with Gasteiger partial charge in [-0.1, -0.05) is 24.3 Å². The van der Waals surface area contributed by atoms with E-state index in [1.165, 1.54) is 76.3 Å². The first-order valence-electron chi connectivity index (χ1n) is 12.4. The molecular formula is C28H38F2. The average molecular weight is 413 g/mol. The fourth-order valence-corrected chi connectivity index (χ4v) is 6.39. The molecule has 0 spiro atoms. The molecule has 0 unspecified atom stereocenters. The van der Waals surface area contributed by atoms with Crippen molar-refractivity contribution in [3.8, 4) is 0 Å². The van der Waals surface area contributed by atoms with E-state index in [1.807, 2.05) is 0 Å². The molecule has 164 valence electrons. The Morgan fingerprint density at radius 1 is 0.633 bits per heavy atom. The summed E-state index contributed by atoms with van der Waals surface area (Å²) in [5.74, 6) is 3.08. The fraction of sp³-hybridized carbons (Fsp3) is 0.643. The van der Waals surface area contributed by atoms with Gasteiger partial charge in [0.1, 0.15) is 0 Å². The molecule has 3 aliphatic rings. The van der Waals surface area contributed by atoms with Crippen molar-refractivity contribution in [3.63, 3.8) is 0 Å². The van der Waals surface area contributed by atoms with Crippen molar-refractivity contribution in [3.05, 3.63) is 60.2 Å². The molecule has 3 aliphatic carbocycles. The van der Waals surface area contributed by atoms with Crippen LogP contribution in [-0.4, -0.2) is 0 Å². The third-order valence-corrected chi connectivity index (χ3v) is 8.48. The van der Waals surface area contributed by atoms with E-state index in [4.69, 9.17) is 0 Å². The van der Waals surface area contributed by atoms with E-state index < -0.39 is 11.6 Å². The van der Waals surface area contributed by atoms with E-state index in [0.717, 1.165) is 42.1 Å². The summed E-state index contributed by atoms with van der Waals surface area (Å²) in [6.07, 6.45) is 22.8. The van der Waals surface area contributed by atoms with Gasteiger partial charge in [0.05, 0.1) is 0 Å². The molecule has 0 amide bonds. The maximum absolute atomic E-state index is 13.5. The minimum atomic E-state index is -0.741. The predicted molar refractivity (Wildman–Crippen MR) is 121 cm³/mol. The van der Waals surface area contributed by atoms with E-state index in [0.29, 0.717) is 11.8 Å². The van der Waals surface area contributed by atoms with Crippen LogP contribution in [0.5, 0.6) is 0 Å². The molecule has 1 aromatic rings. The van der Waals surface area contributed by atoms with E-state index in [1.54, 1.807) is 6.07 Å². The first-order valence-corrected chi connectivity index (χ1v) is 12.4. The van der Waals surface area contributed by atoms with Crippen molar-refractivity contribution in [1.82, 2.24) is 0 Å². The van der Waals surface area contributed by atoms with Crippen molar-refractivity contribution in [2.45, 2.75) is 83.0 Å². The molecule has 0 aliphatic heterocycles. The second-order valence-electron chi connectivity index (χ2n) is 10.3. The summed E-state index contributed by atoms with van der Waals surface area (Å²) in [5.41, 5.74) is 0.969. The Morgan fingerprint density at radius 2 is 1.13 bits per heavy atom. The summed E-state index contributed by atoms with van der Waals surface area (Å²) in [6, 6.07) is 4.44. The number of halogens is 2. The molecule has 0 atom stereocenters. The maximum Gasteiger partial charge on any atom is 0.159 e. The SMILES string of the molecule is C=CC1CCC(C2CCC(/C=C/C3CCC(c4ccc(F)c(F)c4)CC3)CC2)CC1.